The monoisotopic (exact) mass is 300 g/mol. The van der Waals surface area contributed by atoms with E-state index in [1.54, 1.807) is 27.4 Å². The molecule has 0 N–H and O–H groups in total. The predicted molar refractivity (Wildman–Crippen MR) is 76.0 cm³/mol. The molecule has 0 fully saturated rings. The summed E-state index contributed by atoms with van der Waals surface area (Å²) in [6.07, 6.45) is 1.88. The Hall–Kier alpha value is -1.40. The molecule has 1 aromatic heterocycles. The van der Waals surface area contributed by atoms with Crippen LogP contribution in [0.3, 0.4) is 0 Å². The van der Waals surface area contributed by atoms with Crippen LogP contribution in [0.15, 0.2) is 11.2 Å². The van der Waals surface area contributed by atoms with E-state index < -0.39 is 0 Å². The topological polar surface area (TPSA) is 53.5 Å². The second kappa shape index (κ2) is 5.71. The zero-order chi connectivity index (χ0) is 14.0. The van der Waals surface area contributed by atoms with E-state index in [2.05, 4.69) is 9.97 Å². The Kier molecular flexibility index (Phi) is 4.21. The number of nitrogens with zero attached hydrogens (tertiary/aromatic N) is 2. The largest absolute Gasteiger partial charge is 0.493 e. The molecule has 0 aliphatic heterocycles. The number of ether oxygens (including phenoxy) is 3. The van der Waals surface area contributed by atoms with E-state index in [9.17, 15) is 0 Å². The van der Waals surface area contributed by atoms with Crippen molar-refractivity contribution in [2.75, 3.05) is 27.6 Å². The zero-order valence-corrected chi connectivity index (χ0v) is 12.6. The minimum absolute atomic E-state index is 0.355. The normalized spacial score (nSPS) is 10.6. The summed E-state index contributed by atoms with van der Waals surface area (Å²) in [5, 5.41) is 1.59. The third kappa shape index (κ3) is 2.37. The molecule has 5 nitrogen and oxygen atoms in total. The minimum Gasteiger partial charge on any atom is -0.493 e. The molecular weight excluding hydrogens is 288 g/mol. The first kappa shape index (κ1) is 14.0. The van der Waals surface area contributed by atoms with E-state index in [4.69, 9.17) is 25.8 Å². The average molecular weight is 301 g/mol. The number of aromatic nitrogens is 2. The molecule has 0 saturated heterocycles. The minimum atomic E-state index is 0.355. The van der Waals surface area contributed by atoms with Crippen molar-refractivity contribution in [3.05, 3.63) is 11.2 Å². The first-order chi connectivity index (χ1) is 9.15. The third-order valence-corrected chi connectivity index (χ3v) is 3.45. The van der Waals surface area contributed by atoms with Crippen LogP contribution >= 0.6 is 23.4 Å². The van der Waals surface area contributed by atoms with Gasteiger partial charge in [-0.05, 0) is 12.3 Å². The quantitative estimate of drug-likeness (QED) is 0.491. The highest BCUT2D eigenvalue weighted by molar-refractivity contribution is 7.98. The van der Waals surface area contributed by atoms with Crippen molar-refractivity contribution in [2.24, 2.45) is 0 Å². The number of hydrogen-bond acceptors (Lipinski definition) is 6. The molecule has 0 aliphatic rings. The molecule has 2 aromatic rings. The highest BCUT2D eigenvalue weighted by atomic mass is 35.5. The van der Waals surface area contributed by atoms with Gasteiger partial charge in [-0.3, -0.25) is 0 Å². The third-order valence-electron chi connectivity index (χ3n) is 2.61. The first-order valence-electron chi connectivity index (χ1n) is 5.36. The van der Waals surface area contributed by atoms with Crippen molar-refractivity contribution in [1.82, 2.24) is 9.97 Å². The molecule has 0 bridgehead atoms. The van der Waals surface area contributed by atoms with Gasteiger partial charge in [-0.2, -0.15) is 0 Å². The van der Waals surface area contributed by atoms with Crippen molar-refractivity contribution in [1.29, 1.82) is 0 Å². The molecule has 1 aromatic carbocycles. The Bertz CT molecular complexity index is 622. The molecule has 0 aliphatic carbocycles. The number of halogens is 1. The molecule has 0 saturated carbocycles. The van der Waals surface area contributed by atoms with Crippen LogP contribution in [0.2, 0.25) is 5.15 Å². The number of thioether (sulfide) groups is 1. The number of hydrogen-bond donors (Lipinski definition) is 0. The summed E-state index contributed by atoms with van der Waals surface area (Å²) < 4.78 is 16.0. The van der Waals surface area contributed by atoms with Crippen molar-refractivity contribution >= 4 is 34.3 Å². The van der Waals surface area contributed by atoms with Gasteiger partial charge < -0.3 is 14.2 Å². The maximum absolute atomic E-state index is 6.18. The summed E-state index contributed by atoms with van der Waals surface area (Å²) in [7, 11) is 4.64. The van der Waals surface area contributed by atoms with E-state index in [0.29, 0.717) is 38.5 Å². The fourth-order valence-corrected chi connectivity index (χ4v) is 2.40. The van der Waals surface area contributed by atoms with E-state index in [0.717, 1.165) is 0 Å². The summed E-state index contributed by atoms with van der Waals surface area (Å²) in [4.78, 5) is 8.61. The summed E-state index contributed by atoms with van der Waals surface area (Å²) in [6.45, 7) is 0. The lowest BCUT2D eigenvalue weighted by Crippen LogP contribution is -1.99. The number of methoxy groups -OCH3 is 3. The first-order valence-corrected chi connectivity index (χ1v) is 6.96. The predicted octanol–water partition coefficient (Wildman–Crippen LogP) is 3.03. The van der Waals surface area contributed by atoms with Crippen LogP contribution in [0.5, 0.6) is 17.2 Å². The van der Waals surface area contributed by atoms with Crippen LogP contribution in [0, 0.1) is 0 Å². The Morgan fingerprint density at radius 1 is 1.05 bits per heavy atom. The van der Waals surface area contributed by atoms with Crippen LogP contribution in [0.1, 0.15) is 0 Å². The molecule has 102 valence electrons. The fourth-order valence-electron chi connectivity index (χ4n) is 1.77. The van der Waals surface area contributed by atoms with E-state index in [-0.39, 0.29) is 0 Å². The number of fused-ring (bicyclic) bond motifs is 1. The van der Waals surface area contributed by atoms with Crippen LogP contribution in [-0.4, -0.2) is 37.6 Å². The van der Waals surface area contributed by atoms with Gasteiger partial charge in [0, 0.05) is 5.39 Å². The van der Waals surface area contributed by atoms with Gasteiger partial charge in [0.15, 0.2) is 16.7 Å². The molecule has 19 heavy (non-hydrogen) atoms. The molecule has 2 rings (SSSR count). The summed E-state index contributed by atoms with van der Waals surface area (Å²) in [5.41, 5.74) is 0.601. The van der Waals surface area contributed by atoms with Gasteiger partial charge in [-0.15, -0.1) is 0 Å². The number of benzene rings is 1. The lowest BCUT2D eigenvalue weighted by Gasteiger charge is -2.14. The highest BCUT2D eigenvalue weighted by Gasteiger charge is 2.19. The van der Waals surface area contributed by atoms with Crippen molar-refractivity contribution in [2.45, 2.75) is 5.16 Å². The maximum atomic E-state index is 6.18. The van der Waals surface area contributed by atoms with Crippen molar-refractivity contribution < 1.29 is 14.2 Å². The Morgan fingerprint density at radius 2 is 1.74 bits per heavy atom. The van der Waals surface area contributed by atoms with E-state index in [1.165, 1.54) is 11.8 Å². The molecule has 0 spiro atoms. The van der Waals surface area contributed by atoms with E-state index in [1.807, 2.05) is 6.26 Å². The summed E-state index contributed by atoms with van der Waals surface area (Å²) in [5.74, 6) is 1.49. The fraction of sp³-hybridized carbons (Fsp3) is 0.333. The Labute approximate surface area is 120 Å². The van der Waals surface area contributed by atoms with Gasteiger partial charge in [0.25, 0.3) is 0 Å². The SMILES string of the molecule is COc1cc2c(Cl)nc(SC)nc2c(OC)c1OC. The highest BCUT2D eigenvalue weighted by Crippen LogP contribution is 2.44. The standard InChI is InChI=1S/C12H13ClN2O3S/c1-16-7-5-6-8(10(18-3)9(7)17-2)14-12(19-4)15-11(6)13/h5H,1-4H3. The molecule has 7 heteroatoms. The van der Waals surface area contributed by atoms with Gasteiger partial charge >= 0.3 is 0 Å². The van der Waals surface area contributed by atoms with Crippen molar-refractivity contribution in [3.8, 4) is 17.2 Å². The lowest BCUT2D eigenvalue weighted by molar-refractivity contribution is 0.326. The smallest absolute Gasteiger partial charge is 0.205 e. The molecule has 1 heterocycles. The van der Waals surface area contributed by atoms with Gasteiger partial charge in [-0.1, -0.05) is 23.4 Å². The van der Waals surface area contributed by atoms with Gasteiger partial charge in [0.1, 0.15) is 10.7 Å². The molecule has 0 atom stereocenters. The summed E-state index contributed by atoms with van der Waals surface area (Å²) in [6, 6.07) is 1.74. The van der Waals surface area contributed by atoms with Gasteiger partial charge in [-0.25, -0.2) is 9.97 Å². The van der Waals surface area contributed by atoms with Gasteiger partial charge in [0.05, 0.1) is 21.3 Å². The molecular formula is C12H13ClN2O3S. The lowest BCUT2D eigenvalue weighted by atomic mass is 10.2. The molecule has 0 radical (unpaired) electrons. The average Bonchev–Trinajstić information content (AvgIpc) is 2.44. The summed E-state index contributed by atoms with van der Waals surface area (Å²) >= 11 is 7.58. The second-order valence-electron chi connectivity index (χ2n) is 3.54. The second-order valence-corrected chi connectivity index (χ2v) is 4.67. The molecule has 0 amide bonds. The van der Waals surface area contributed by atoms with E-state index >= 15 is 0 Å². The molecule has 0 unspecified atom stereocenters. The van der Waals surface area contributed by atoms with Crippen LogP contribution in [-0.2, 0) is 0 Å². The van der Waals surface area contributed by atoms with Crippen LogP contribution in [0.25, 0.3) is 10.9 Å². The maximum Gasteiger partial charge on any atom is 0.205 e. The Morgan fingerprint density at radius 3 is 2.26 bits per heavy atom. The van der Waals surface area contributed by atoms with Gasteiger partial charge in [0.2, 0.25) is 5.75 Å². The van der Waals surface area contributed by atoms with Crippen molar-refractivity contribution in [3.63, 3.8) is 0 Å². The Balaban J connectivity index is 2.88. The number of rotatable bonds is 4. The zero-order valence-electron chi connectivity index (χ0n) is 11.0. The van der Waals surface area contributed by atoms with Crippen LogP contribution in [0.4, 0.5) is 0 Å². The van der Waals surface area contributed by atoms with Crippen LogP contribution < -0.4 is 14.2 Å².